The first-order valence-electron chi connectivity index (χ1n) is 5.78. The van der Waals surface area contributed by atoms with Crippen molar-refractivity contribution in [2.75, 3.05) is 7.11 Å². The van der Waals surface area contributed by atoms with Crippen LogP contribution in [0, 0.1) is 0 Å². The van der Waals surface area contributed by atoms with E-state index in [1.807, 2.05) is 0 Å². The van der Waals surface area contributed by atoms with Gasteiger partial charge in [0, 0.05) is 11.1 Å². The van der Waals surface area contributed by atoms with E-state index in [-0.39, 0.29) is 11.1 Å². The number of ether oxygens (including phenoxy) is 1. The normalized spacial score (nSPS) is 11.2. The second kappa shape index (κ2) is 5.88. The molecule has 0 radical (unpaired) electrons. The SMILES string of the molecule is COC(=O)C(=Cc1ccoc1)c1ccccc1C(=O)O. The molecule has 0 fully saturated rings. The summed E-state index contributed by atoms with van der Waals surface area (Å²) in [5, 5.41) is 9.20. The topological polar surface area (TPSA) is 76.7 Å². The van der Waals surface area contributed by atoms with E-state index in [0.29, 0.717) is 11.1 Å². The number of aromatic carboxylic acids is 1. The van der Waals surface area contributed by atoms with Gasteiger partial charge in [0.1, 0.15) is 0 Å². The molecular weight excluding hydrogens is 260 g/mol. The van der Waals surface area contributed by atoms with Crippen LogP contribution in [0.4, 0.5) is 0 Å². The number of hydrogen-bond acceptors (Lipinski definition) is 4. The van der Waals surface area contributed by atoms with Gasteiger partial charge in [-0.2, -0.15) is 0 Å². The van der Waals surface area contributed by atoms with Crippen molar-refractivity contribution in [3.05, 3.63) is 59.5 Å². The zero-order chi connectivity index (χ0) is 14.5. The molecule has 0 unspecified atom stereocenters. The Balaban J connectivity index is 2.59. The molecule has 0 spiro atoms. The summed E-state index contributed by atoms with van der Waals surface area (Å²) >= 11 is 0. The molecular formula is C15H12O5. The van der Waals surface area contributed by atoms with Crippen LogP contribution in [0.1, 0.15) is 21.5 Å². The lowest BCUT2D eigenvalue weighted by Gasteiger charge is -2.08. The first-order valence-corrected chi connectivity index (χ1v) is 5.78. The lowest BCUT2D eigenvalue weighted by Crippen LogP contribution is -2.09. The molecule has 0 saturated carbocycles. The van der Waals surface area contributed by atoms with Crippen LogP contribution >= 0.6 is 0 Å². The fourth-order valence-electron chi connectivity index (χ4n) is 1.78. The van der Waals surface area contributed by atoms with Gasteiger partial charge >= 0.3 is 11.9 Å². The Labute approximate surface area is 115 Å². The Morgan fingerprint density at radius 1 is 1.20 bits per heavy atom. The van der Waals surface area contributed by atoms with E-state index in [4.69, 9.17) is 9.15 Å². The number of hydrogen-bond donors (Lipinski definition) is 1. The van der Waals surface area contributed by atoms with E-state index < -0.39 is 11.9 Å². The van der Waals surface area contributed by atoms with E-state index in [1.165, 1.54) is 31.8 Å². The summed E-state index contributed by atoms with van der Waals surface area (Å²) in [7, 11) is 1.24. The van der Waals surface area contributed by atoms with Gasteiger partial charge in [-0.15, -0.1) is 0 Å². The smallest absolute Gasteiger partial charge is 0.338 e. The highest BCUT2D eigenvalue weighted by molar-refractivity contribution is 6.23. The van der Waals surface area contributed by atoms with Gasteiger partial charge in [0.25, 0.3) is 0 Å². The summed E-state index contributed by atoms with van der Waals surface area (Å²) in [4.78, 5) is 23.1. The lowest BCUT2D eigenvalue weighted by atomic mass is 9.98. The third-order valence-electron chi connectivity index (χ3n) is 2.71. The van der Waals surface area contributed by atoms with Gasteiger partial charge in [-0.1, -0.05) is 18.2 Å². The number of carboxylic acids is 1. The van der Waals surface area contributed by atoms with Gasteiger partial charge in [0.05, 0.1) is 30.8 Å². The summed E-state index contributed by atoms with van der Waals surface area (Å²) in [5.74, 6) is -1.72. The number of carboxylic acid groups (broad SMARTS) is 1. The maximum absolute atomic E-state index is 11.9. The third-order valence-corrected chi connectivity index (χ3v) is 2.71. The Bertz CT molecular complexity index is 653. The standard InChI is InChI=1S/C15H12O5/c1-19-15(18)13(8-10-6-7-20-9-10)11-4-2-3-5-12(11)14(16)17/h2-9H,1H3,(H,16,17). The predicted molar refractivity (Wildman–Crippen MR) is 72.0 cm³/mol. The molecule has 20 heavy (non-hydrogen) atoms. The van der Waals surface area contributed by atoms with Crippen molar-refractivity contribution < 1.29 is 23.8 Å². The number of esters is 1. The minimum absolute atomic E-state index is 0.0349. The quantitative estimate of drug-likeness (QED) is 0.684. The Kier molecular flexibility index (Phi) is 4.00. The largest absolute Gasteiger partial charge is 0.478 e. The fraction of sp³-hybridized carbons (Fsp3) is 0.0667. The van der Waals surface area contributed by atoms with Crippen LogP contribution in [-0.4, -0.2) is 24.2 Å². The van der Waals surface area contributed by atoms with Crippen LogP contribution in [0.15, 0.2) is 47.3 Å². The van der Waals surface area contributed by atoms with Crippen molar-refractivity contribution in [3.8, 4) is 0 Å². The minimum Gasteiger partial charge on any atom is -0.478 e. The molecule has 1 aromatic carbocycles. The number of methoxy groups -OCH3 is 1. The summed E-state index contributed by atoms with van der Waals surface area (Å²) in [5.41, 5.74) is 1.14. The van der Waals surface area contributed by atoms with Crippen molar-refractivity contribution >= 4 is 23.6 Å². The van der Waals surface area contributed by atoms with Crippen molar-refractivity contribution in [1.29, 1.82) is 0 Å². The maximum atomic E-state index is 11.9. The molecule has 1 N–H and O–H groups in total. The number of benzene rings is 1. The zero-order valence-corrected chi connectivity index (χ0v) is 10.7. The molecule has 0 aliphatic rings. The molecule has 2 aromatic rings. The van der Waals surface area contributed by atoms with E-state index >= 15 is 0 Å². The molecule has 5 nitrogen and oxygen atoms in total. The number of rotatable bonds is 4. The van der Waals surface area contributed by atoms with Crippen LogP contribution in [-0.2, 0) is 9.53 Å². The highest BCUT2D eigenvalue weighted by Gasteiger charge is 2.19. The molecule has 102 valence electrons. The van der Waals surface area contributed by atoms with Gasteiger partial charge in [-0.25, -0.2) is 9.59 Å². The first kappa shape index (κ1) is 13.6. The molecule has 0 bridgehead atoms. The van der Waals surface area contributed by atoms with Gasteiger partial charge in [-0.05, 0) is 18.2 Å². The zero-order valence-electron chi connectivity index (χ0n) is 10.7. The molecule has 0 aliphatic heterocycles. The Hall–Kier alpha value is -2.82. The summed E-state index contributed by atoms with van der Waals surface area (Å²) in [6.07, 6.45) is 4.44. The van der Waals surface area contributed by atoms with E-state index in [1.54, 1.807) is 24.3 Å². The van der Waals surface area contributed by atoms with Crippen molar-refractivity contribution in [2.24, 2.45) is 0 Å². The fourth-order valence-corrected chi connectivity index (χ4v) is 1.78. The monoisotopic (exact) mass is 272 g/mol. The summed E-state index contributed by atoms with van der Waals surface area (Å²) in [6.45, 7) is 0. The molecule has 1 aromatic heterocycles. The van der Waals surface area contributed by atoms with Crippen LogP contribution in [0.25, 0.3) is 11.6 Å². The van der Waals surface area contributed by atoms with Crippen LogP contribution in [0.2, 0.25) is 0 Å². The first-order chi connectivity index (χ1) is 9.63. The highest BCUT2D eigenvalue weighted by atomic mass is 16.5. The molecule has 0 atom stereocenters. The molecule has 0 amide bonds. The van der Waals surface area contributed by atoms with Crippen molar-refractivity contribution in [2.45, 2.75) is 0 Å². The third kappa shape index (κ3) is 2.77. The second-order valence-corrected chi connectivity index (χ2v) is 3.96. The summed E-state index contributed by atoms with van der Waals surface area (Å²) < 4.78 is 9.65. The van der Waals surface area contributed by atoms with Gasteiger partial charge in [0.15, 0.2) is 0 Å². The molecule has 0 aliphatic carbocycles. The minimum atomic E-state index is -1.11. The predicted octanol–water partition coefficient (Wildman–Crippen LogP) is 2.69. The molecule has 0 saturated heterocycles. The van der Waals surface area contributed by atoms with E-state index in [0.717, 1.165) is 0 Å². The number of furan rings is 1. The van der Waals surface area contributed by atoms with Crippen LogP contribution < -0.4 is 0 Å². The maximum Gasteiger partial charge on any atom is 0.338 e. The molecule has 5 heteroatoms. The van der Waals surface area contributed by atoms with Crippen molar-refractivity contribution in [3.63, 3.8) is 0 Å². The van der Waals surface area contributed by atoms with E-state index in [9.17, 15) is 14.7 Å². The van der Waals surface area contributed by atoms with Crippen LogP contribution in [0.5, 0.6) is 0 Å². The Morgan fingerprint density at radius 3 is 2.45 bits per heavy atom. The lowest BCUT2D eigenvalue weighted by molar-refractivity contribution is -0.133. The summed E-state index contributed by atoms with van der Waals surface area (Å²) in [6, 6.07) is 7.91. The second-order valence-electron chi connectivity index (χ2n) is 3.96. The average molecular weight is 272 g/mol. The van der Waals surface area contributed by atoms with Gasteiger partial charge in [-0.3, -0.25) is 0 Å². The van der Waals surface area contributed by atoms with E-state index in [2.05, 4.69) is 0 Å². The molecule has 2 rings (SSSR count). The Morgan fingerprint density at radius 2 is 1.90 bits per heavy atom. The number of carbonyl (C=O) groups is 2. The van der Waals surface area contributed by atoms with Crippen molar-refractivity contribution in [1.82, 2.24) is 0 Å². The average Bonchev–Trinajstić information content (AvgIpc) is 2.97. The number of carbonyl (C=O) groups excluding carboxylic acids is 1. The van der Waals surface area contributed by atoms with Gasteiger partial charge < -0.3 is 14.3 Å². The van der Waals surface area contributed by atoms with Crippen LogP contribution in [0.3, 0.4) is 0 Å². The van der Waals surface area contributed by atoms with Gasteiger partial charge in [0.2, 0.25) is 0 Å². The highest BCUT2D eigenvalue weighted by Crippen LogP contribution is 2.23. The molecule has 1 heterocycles.